The van der Waals surface area contributed by atoms with E-state index in [2.05, 4.69) is 5.32 Å². The molecule has 0 saturated carbocycles. The number of nitrogens with zero attached hydrogens (tertiary/aromatic N) is 1. The molecule has 1 atom stereocenters. The Hall–Kier alpha value is -2.27. The van der Waals surface area contributed by atoms with E-state index in [9.17, 15) is 9.59 Å². The van der Waals surface area contributed by atoms with Crippen LogP contribution in [0.3, 0.4) is 0 Å². The first-order valence-corrected chi connectivity index (χ1v) is 8.73. The van der Waals surface area contributed by atoms with Gasteiger partial charge in [-0.25, -0.2) is 0 Å². The lowest BCUT2D eigenvalue weighted by Gasteiger charge is -2.28. The summed E-state index contributed by atoms with van der Waals surface area (Å²) >= 11 is 5.91. The highest BCUT2D eigenvalue weighted by molar-refractivity contribution is 6.30. The van der Waals surface area contributed by atoms with Crippen molar-refractivity contribution in [3.63, 3.8) is 0 Å². The molecule has 0 bridgehead atoms. The summed E-state index contributed by atoms with van der Waals surface area (Å²) in [5.41, 5.74) is 0.930. The number of amides is 2. The minimum atomic E-state index is -0.579. The Morgan fingerprint density at radius 2 is 1.96 bits per heavy atom. The van der Waals surface area contributed by atoms with Gasteiger partial charge in [-0.3, -0.25) is 9.59 Å². The van der Waals surface area contributed by atoms with Gasteiger partial charge in [-0.1, -0.05) is 30.7 Å². The van der Waals surface area contributed by atoms with Gasteiger partial charge < -0.3 is 14.6 Å². The van der Waals surface area contributed by atoms with Gasteiger partial charge in [0.15, 0.2) is 0 Å². The molecular weight excluding hydrogens is 340 g/mol. The van der Waals surface area contributed by atoms with E-state index in [1.807, 2.05) is 19.1 Å². The van der Waals surface area contributed by atoms with E-state index in [0.717, 1.165) is 12.0 Å². The van der Waals surface area contributed by atoms with E-state index in [0.29, 0.717) is 30.3 Å². The number of benzene rings is 1. The molecule has 1 aromatic carbocycles. The molecule has 2 rings (SSSR count). The van der Waals surface area contributed by atoms with Crippen LogP contribution < -0.4 is 5.32 Å². The van der Waals surface area contributed by atoms with Crippen LogP contribution in [0.1, 0.15) is 38.0 Å². The molecule has 2 aromatic rings. The van der Waals surface area contributed by atoms with Crippen molar-refractivity contribution < 1.29 is 14.0 Å². The average molecular weight is 363 g/mol. The minimum absolute atomic E-state index is 0.0434. The Bertz CT molecular complexity index is 683. The monoisotopic (exact) mass is 362 g/mol. The molecule has 0 aliphatic carbocycles. The van der Waals surface area contributed by atoms with E-state index in [1.165, 1.54) is 0 Å². The van der Waals surface area contributed by atoms with Gasteiger partial charge >= 0.3 is 0 Å². The largest absolute Gasteiger partial charge is 0.467 e. The molecule has 1 heterocycles. The summed E-state index contributed by atoms with van der Waals surface area (Å²) < 4.78 is 5.21. The maximum Gasteiger partial charge on any atom is 0.242 e. The van der Waals surface area contributed by atoms with Crippen molar-refractivity contribution in [2.75, 3.05) is 0 Å². The Morgan fingerprint density at radius 3 is 2.56 bits per heavy atom. The lowest BCUT2D eigenvalue weighted by atomic mass is 10.1. The highest BCUT2D eigenvalue weighted by Gasteiger charge is 2.25. The number of hydrogen-bond acceptors (Lipinski definition) is 3. The molecule has 0 fully saturated rings. The highest BCUT2D eigenvalue weighted by Crippen LogP contribution is 2.15. The Balaban J connectivity index is 2.05. The van der Waals surface area contributed by atoms with Crippen molar-refractivity contribution in [1.29, 1.82) is 0 Å². The number of hydrogen-bond donors (Lipinski definition) is 1. The molecule has 0 unspecified atom stereocenters. The number of halogens is 1. The van der Waals surface area contributed by atoms with Crippen LogP contribution in [0.4, 0.5) is 0 Å². The highest BCUT2D eigenvalue weighted by atomic mass is 35.5. The molecule has 0 saturated heterocycles. The predicted molar refractivity (Wildman–Crippen MR) is 96.9 cm³/mol. The van der Waals surface area contributed by atoms with Crippen LogP contribution in [0.15, 0.2) is 47.1 Å². The van der Waals surface area contributed by atoms with Gasteiger partial charge in [0, 0.05) is 18.0 Å². The standard InChI is InChI=1S/C19H23ClN2O3/c1-3-5-18(23)22(13-15-7-9-16(20)10-8-15)14(2)19(24)21-12-17-6-4-11-25-17/h4,6-11,14H,3,5,12-13H2,1-2H3,(H,21,24)/t14-/m1/s1. The molecule has 0 aliphatic rings. The zero-order chi connectivity index (χ0) is 18.2. The first kappa shape index (κ1) is 19.1. The fourth-order valence-electron chi connectivity index (χ4n) is 2.46. The zero-order valence-corrected chi connectivity index (χ0v) is 15.3. The predicted octanol–water partition coefficient (Wildman–Crippen LogP) is 3.77. The molecule has 1 aromatic heterocycles. The average Bonchev–Trinajstić information content (AvgIpc) is 3.12. The van der Waals surface area contributed by atoms with Crippen molar-refractivity contribution in [3.05, 3.63) is 59.0 Å². The third kappa shape index (κ3) is 5.64. The number of rotatable bonds is 8. The van der Waals surface area contributed by atoms with E-state index < -0.39 is 6.04 Å². The Morgan fingerprint density at radius 1 is 1.24 bits per heavy atom. The molecule has 25 heavy (non-hydrogen) atoms. The van der Waals surface area contributed by atoms with Crippen LogP contribution in [0.25, 0.3) is 0 Å². The smallest absolute Gasteiger partial charge is 0.242 e. The Kier molecular flexibility index (Phi) is 7.07. The van der Waals surface area contributed by atoms with E-state index >= 15 is 0 Å². The van der Waals surface area contributed by atoms with Gasteiger partial charge in [0.05, 0.1) is 12.8 Å². The first-order chi connectivity index (χ1) is 12.0. The van der Waals surface area contributed by atoms with Crippen LogP contribution in [0, 0.1) is 0 Å². The van der Waals surface area contributed by atoms with Gasteiger partial charge in [-0.05, 0) is 43.2 Å². The van der Waals surface area contributed by atoms with E-state index in [4.69, 9.17) is 16.0 Å². The van der Waals surface area contributed by atoms with Crippen molar-refractivity contribution in [1.82, 2.24) is 10.2 Å². The lowest BCUT2D eigenvalue weighted by molar-refractivity contribution is -0.140. The van der Waals surface area contributed by atoms with Crippen LogP contribution in [0.2, 0.25) is 5.02 Å². The number of carbonyl (C=O) groups is 2. The number of carbonyl (C=O) groups excluding carboxylic acids is 2. The normalized spacial score (nSPS) is 11.8. The summed E-state index contributed by atoms with van der Waals surface area (Å²) in [4.78, 5) is 26.6. The molecule has 0 aliphatic heterocycles. The van der Waals surface area contributed by atoms with Crippen LogP contribution in [0.5, 0.6) is 0 Å². The van der Waals surface area contributed by atoms with Gasteiger partial charge in [-0.15, -0.1) is 0 Å². The summed E-state index contributed by atoms with van der Waals surface area (Å²) in [5, 5.41) is 3.45. The molecular formula is C19H23ClN2O3. The van der Waals surface area contributed by atoms with Crippen LogP contribution in [-0.4, -0.2) is 22.8 Å². The second-order valence-electron chi connectivity index (χ2n) is 5.87. The second kappa shape index (κ2) is 9.28. The fourth-order valence-corrected chi connectivity index (χ4v) is 2.59. The molecule has 0 spiro atoms. The third-order valence-electron chi connectivity index (χ3n) is 3.91. The molecule has 2 amide bonds. The van der Waals surface area contributed by atoms with Crippen molar-refractivity contribution in [2.45, 2.75) is 45.8 Å². The second-order valence-corrected chi connectivity index (χ2v) is 6.31. The maximum atomic E-state index is 12.5. The summed E-state index contributed by atoms with van der Waals surface area (Å²) in [6, 6.07) is 10.3. The van der Waals surface area contributed by atoms with Gasteiger partial charge in [-0.2, -0.15) is 0 Å². The summed E-state index contributed by atoms with van der Waals surface area (Å²) in [5.74, 6) is 0.414. The van der Waals surface area contributed by atoms with Gasteiger partial charge in [0.1, 0.15) is 11.8 Å². The maximum absolute atomic E-state index is 12.5. The molecule has 1 N–H and O–H groups in total. The number of nitrogens with one attached hydrogen (secondary N) is 1. The van der Waals surface area contributed by atoms with Crippen molar-refractivity contribution >= 4 is 23.4 Å². The third-order valence-corrected chi connectivity index (χ3v) is 4.17. The number of furan rings is 1. The lowest BCUT2D eigenvalue weighted by Crippen LogP contribution is -2.47. The van der Waals surface area contributed by atoms with Crippen LogP contribution >= 0.6 is 11.6 Å². The summed E-state index contributed by atoms with van der Waals surface area (Å²) in [6.07, 6.45) is 2.70. The molecule has 5 nitrogen and oxygen atoms in total. The molecule has 134 valence electrons. The zero-order valence-electron chi connectivity index (χ0n) is 14.5. The van der Waals surface area contributed by atoms with E-state index in [-0.39, 0.29) is 11.8 Å². The van der Waals surface area contributed by atoms with E-state index in [1.54, 1.807) is 42.4 Å². The minimum Gasteiger partial charge on any atom is -0.467 e. The van der Waals surface area contributed by atoms with Crippen molar-refractivity contribution in [2.24, 2.45) is 0 Å². The van der Waals surface area contributed by atoms with Crippen LogP contribution in [-0.2, 0) is 22.7 Å². The SMILES string of the molecule is CCCC(=O)N(Cc1ccc(Cl)cc1)[C@H](C)C(=O)NCc1ccco1. The first-order valence-electron chi connectivity index (χ1n) is 8.35. The summed E-state index contributed by atoms with van der Waals surface area (Å²) in [7, 11) is 0. The van der Waals surface area contributed by atoms with Gasteiger partial charge in [0.25, 0.3) is 0 Å². The summed E-state index contributed by atoms with van der Waals surface area (Å²) in [6.45, 7) is 4.35. The quantitative estimate of drug-likeness (QED) is 0.777. The topological polar surface area (TPSA) is 62.6 Å². The Labute approximate surface area is 153 Å². The van der Waals surface area contributed by atoms with Crippen molar-refractivity contribution in [3.8, 4) is 0 Å². The fraction of sp³-hybridized carbons (Fsp3) is 0.368. The molecule has 0 radical (unpaired) electrons. The van der Waals surface area contributed by atoms with Gasteiger partial charge in [0.2, 0.25) is 11.8 Å². The molecule has 6 heteroatoms.